The molecule has 10 heteroatoms. The van der Waals surface area contributed by atoms with Crippen LogP contribution in [0.2, 0.25) is 0 Å². The van der Waals surface area contributed by atoms with Gasteiger partial charge in [-0.1, -0.05) is 32.1 Å². The van der Waals surface area contributed by atoms with E-state index in [0.29, 0.717) is 5.75 Å². The summed E-state index contributed by atoms with van der Waals surface area (Å²) < 4.78 is 7.00. The number of oxazole rings is 1. The second-order valence-electron chi connectivity index (χ2n) is 10.7. The molecule has 2 amide bonds. The maximum Gasteiger partial charge on any atom is 0.225 e. The summed E-state index contributed by atoms with van der Waals surface area (Å²) in [5, 5.41) is 7.44. The number of carbonyl (C=O) groups excluding carboxylic acids is 2. The molecule has 1 aliphatic carbocycles. The van der Waals surface area contributed by atoms with Gasteiger partial charge in [0.15, 0.2) is 5.13 Å². The maximum atomic E-state index is 13.1. The predicted molar refractivity (Wildman–Crippen MR) is 140 cm³/mol. The lowest BCUT2D eigenvalue weighted by Gasteiger charge is -2.37. The highest BCUT2D eigenvalue weighted by Gasteiger charge is 2.32. The second kappa shape index (κ2) is 11.3. The van der Waals surface area contributed by atoms with Crippen LogP contribution in [0, 0.1) is 5.92 Å². The highest BCUT2D eigenvalue weighted by Crippen LogP contribution is 2.33. The van der Waals surface area contributed by atoms with Crippen molar-refractivity contribution in [2.75, 3.05) is 18.4 Å². The molecule has 1 aliphatic heterocycles. The van der Waals surface area contributed by atoms with Crippen molar-refractivity contribution in [3.63, 3.8) is 0 Å². The summed E-state index contributed by atoms with van der Waals surface area (Å²) >= 11 is 3.31. The van der Waals surface area contributed by atoms with Gasteiger partial charge in [-0.3, -0.25) is 9.59 Å². The molecule has 192 valence electrons. The predicted octanol–water partition coefficient (Wildman–Crippen LogP) is 4.82. The van der Waals surface area contributed by atoms with E-state index in [-0.39, 0.29) is 35.2 Å². The Bertz CT molecular complexity index is 1010. The molecule has 3 heterocycles. The van der Waals surface area contributed by atoms with Gasteiger partial charge in [-0.25, -0.2) is 9.97 Å². The van der Waals surface area contributed by atoms with Gasteiger partial charge in [0.05, 0.1) is 22.4 Å². The summed E-state index contributed by atoms with van der Waals surface area (Å²) in [5.41, 5.74) is -0.0428. The number of hydrogen-bond donors (Lipinski definition) is 2. The third-order valence-corrected chi connectivity index (χ3v) is 8.77. The van der Waals surface area contributed by atoms with Crippen LogP contribution in [0.1, 0.15) is 77.9 Å². The van der Waals surface area contributed by atoms with Gasteiger partial charge in [-0.05, 0) is 38.5 Å². The minimum absolute atomic E-state index is 0.0146. The first-order chi connectivity index (χ1) is 16.7. The third-order valence-electron chi connectivity index (χ3n) is 6.66. The first-order valence-corrected chi connectivity index (χ1v) is 14.3. The molecule has 2 aromatic rings. The van der Waals surface area contributed by atoms with E-state index >= 15 is 0 Å². The highest BCUT2D eigenvalue weighted by atomic mass is 32.2. The molecule has 2 N–H and O–H groups in total. The van der Waals surface area contributed by atoms with E-state index in [1.165, 1.54) is 0 Å². The number of hydrogen-bond acceptors (Lipinski definition) is 8. The lowest BCUT2D eigenvalue weighted by molar-refractivity contribution is -0.137. The molecular formula is C25H37N5O3S2. The molecule has 1 saturated carbocycles. The van der Waals surface area contributed by atoms with Gasteiger partial charge in [0.1, 0.15) is 5.76 Å². The normalized spacial score (nSPS) is 23.2. The van der Waals surface area contributed by atoms with Crippen molar-refractivity contribution >= 4 is 40.0 Å². The van der Waals surface area contributed by atoms with Crippen LogP contribution in [0.25, 0.3) is 0 Å². The number of nitrogens with zero attached hydrogens (tertiary/aromatic N) is 3. The van der Waals surface area contributed by atoms with E-state index in [0.717, 1.165) is 72.6 Å². The topological polar surface area (TPSA) is 100 Å². The SMILES string of the molecule is CC(=O)NC1CCC(C(=O)N2CCC[C@@H](Nc3ncc(SCc4ncc(C(C)(C)C)o4)s3)C2)CC1. The number of thioether (sulfide) groups is 1. The van der Waals surface area contributed by atoms with E-state index in [1.54, 1.807) is 30.0 Å². The van der Waals surface area contributed by atoms with Gasteiger partial charge in [-0.2, -0.15) is 0 Å². The molecule has 8 nitrogen and oxygen atoms in total. The number of anilines is 1. The lowest BCUT2D eigenvalue weighted by atomic mass is 9.84. The summed E-state index contributed by atoms with van der Waals surface area (Å²) in [5.74, 6) is 2.67. The lowest BCUT2D eigenvalue weighted by Crippen LogP contribution is -2.48. The molecule has 35 heavy (non-hydrogen) atoms. The van der Waals surface area contributed by atoms with Crippen LogP contribution in [-0.2, 0) is 20.8 Å². The Morgan fingerprint density at radius 2 is 1.91 bits per heavy atom. The van der Waals surface area contributed by atoms with Crippen molar-refractivity contribution in [2.45, 2.75) is 93.7 Å². The Balaban J connectivity index is 1.24. The monoisotopic (exact) mass is 519 g/mol. The summed E-state index contributed by atoms with van der Waals surface area (Å²) in [6, 6.07) is 0.432. The van der Waals surface area contributed by atoms with Crippen LogP contribution < -0.4 is 10.6 Å². The van der Waals surface area contributed by atoms with Crippen LogP contribution in [0.15, 0.2) is 21.0 Å². The van der Waals surface area contributed by atoms with Crippen molar-refractivity contribution in [1.29, 1.82) is 0 Å². The van der Waals surface area contributed by atoms with Crippen molar-refractivity contribution in [3.8, 4) is 0 Å². The number of carbonyl (C=O) groups is 2. The van der Waals surface area contributed by atoms with Gasteiger partial charge in [-0.15, -0.1) is 11.8 Å². The number of nitrogens with one attached hydrogen (secondary N) is 2. The summed E-state index contributed by atoms with van der Waals surface area (Å²) in [4.78, 5) is 35.4. The van der Waals surface area contributed by atoms with Crippen LogP contribution in [0.4, 0.5) is 5.13 Å². The van der Waals surface area contributed by atoms with Crippen molar-refractivity contribution in [2.24, 2.45) is 5.92 Å². The van der Waals surface area contributed by atoms with Gasteiger partial charge >= 0.3 is 0 Å². The number of amides is 2. The average molecular weight is 520 g/mol. The first-order valence-electron chi connectivity index (χ1n) is 12.5. The number of thiazole rings is 1. The fraction of sp³-hybridized carbons (Fsp3) is 0.680. The van der Waals surface area contributed by atoms with E-state index in [9.17, 15) is 9.59 Å². The van der Waals surface area contributed by atoms with Crippen LogP contribution >= 0.6 is 23.1 Å². The van der Waals surface area contributed by atoms with E-state index in [2.05, 4.69) is 41.4 Å². The Morgan fingerprint density at radius 1 is 1.14 bits per heavy atom. The second-order valence-corrected chi connectivity index (χ2v) is 13.0. The smallest absolute Gasteiger partial charge is 0.225 e. The van der Waals surface area contributed by atoms with Gasteiger partial charge in [0, 0.05) is 43.4 Å². The molecule has 2 fully saturated rings. The zero-order valence-electron chi connectivity index (χ0n) is 21.1. The standard InChI is InChI=1S/C25H37N5O3S2/c1-16(31)28-18-9-7-17(8-10-18)23(32)30-11-5-6-19(14-30)29-24-27-13-22(35-24)34-15-21-26-12-20(33-21)25(2,3)4/h12-13,17-19H,5-11,14-15H2,1-4H3,(H,27,29)(H,28,31)/t17?,18?,19-/m1/s1. The molecular weight excluding hydrogens is 482 g/mol. The molecule has 0 unspecified atom stereocenters. The van der Waals surface area contributed by atoms with Crippen molar-refractivity contribution in [1.82, 2.24) is 20.2 Å². The van der Waals surface area contributed by atoms with E-state index in [1.807, 2.05) is 17.3 Å². The molecule has 0 aromatic carbocycles. The Kier molecular flexibility index (Phi) is 8.42. The molecule has 1 saturated heterocycles. The number of aromatic nitrogens is 2. The Labute approximate surface area is 216 Å². The molecule has 2 aromatic heterocycles. The van der Waals surface area contributed by atoms with Gasteiger partial charge < -0.3 is 20.0 Å². The molecule has 0 spiro atoms. The summed E-state index contributed by atoms with van der Waals surface area (Å²) in [6.45, 7) is 9.45. The number of rotatable bonds is 7. The fourth-order valence-corrected chi connectivity index (χ4v) is 6.55. The van der Waals surface area contributed by atoms with Crippen molar-refractivity contribution in [3.05, 3.63) is 24.0 Å². The van der Waals surface area contributed by atoms with Gasteiger partial charge in [0.25, 0.3) is 0 Å². The zero-order valence-corrected chi connectivity index (χ0v) is 22.8. The summed E-state index contributed by atoms with van der Waals surface area (Å²) in [6.07, 6.45) is 9.22. The average Bonchev–Trinajstić information content (AvgIpc) is 3.47. The maximum absolute atomic E-state index is 13.1. The molecule has 2 aliphatic rings. The van der Waals surface area contributed by atoms with Crippen LogP contribution in [0.3, 0.4) is 0 Å². The molecule has 1 atom stereocenters. The molecule has 4 rings (SSSR count). The number of likely N-dealkylation sites (tertiary alicyclic amines) is 1. The van der Waals surface area contributed by atoms with Crippen LogP contribution in [-0.4, -0.2) is 51.9 Å². The number of piperidine rings is 1. The minimum atomic E-state index is -0.0428. The quantitative estimate of drug-likeness (QED) is 0.506. The Morgan fingerprint density at radius 3 is 2.60 bits per heavy atom. The van der Waals surface area contributed by atoms with E-state index < -0.39 is 0 Å². The van der Waals surface area contributed by atoms with E-state index in [4.69, 9.17) is 4.42 Å². The zero-order chi connectivity index (χ0) is 25.0. The largest absolute Gasteiger partial charge is 0.444 e. The Hall–Kier alpha value is -2.07. The molecule has 0 bridgehead atoms. The third kappa shape index (κ3) is 7.22. The highest BCUT2D eigenvalue weighted by molar-refractivity contribution is 8.00. The minimum Gasteiger partial charge on any atom is -0.444 e. The van der Waals surface area contributed by atoms with Crippen LogP contribution in [0.5, 0.6) is 0 Å². The fourth-order valence-electron chi connectivity index (χ4n) is 4.75. The van der Waals surface area contributed by atoms with Gasteiger partial charge in [0.2, 0.25) is 17.7 Å². The summed E-state index contributed by atoms with van der Waals surface area (Å²) in [7, 11) is 0. The molecule has 0 radical (unpaired) electrons. The van der Waals surface area contributed by atoms with Crippen molar-refractivity contribution < 1.29 is 14.0 Å². The first kappa shape index (κ1) is 26.0.